The van der Waals surface area contributed by atoms with Crippen LogP contribution in [0, 0.1) is 15.5 Å². The van der Waals surface area contributed by atoms with Gasteiger partial charge in [-0.05, 0) is 0 Å². The second kappa shape index (κ2) is 8.45. The Morgan fingerprint density at radius 2 is 1.95 bits per heavy atom. The van der Waals surface area contributed by atoms with E-state index in [1.165, 1.54) is 27.8 Å². The molecule has 21 heavy (non-hydrogen) atoms. The van der Waals surface area contributed by atoms with Crippen LogP contribution in [0.3, 0.4) is 0 Å². The minimum Gasteiger partial charge on any atom is -0.357 e. The highest BCUT2D eigenvalue weighted by Crippen LogP contribution is 2.25. The third-order valence-corrected chi connectivity index (χ3v) is 3.72. The van der Waals surface area contributed by atoms with Gasteiger partial charge in [-0.2, -0.15) is 0 Å². The molecule has 1 atom stereocenters. The van der Waals surface area contributed by atoms with Gasteiger partial charge >= 0.3 is 0 Å². The summed E-state index contributed by atoms with van der Waals surface area (Å²) in [6, 6.07) is -0.853. The summed E-state index contributed by atoms with van der Waals surface area (Å²) in [4.78, 5) is 48.9. The lowest BCUT2D eigenvalue weighted by Gasteiger charge is -2.22. The Morgan fingerprint density at radius 1 is 1.38 bits per heavy atom. The fraction of sp³-hybridized carbons (Fsp3) is 0.727. The zero-order valence-electron chi connectivity index (χ0n) is 12.3. The molecule has 0 unspecified atom stereocenters. The second-order valence-electron chi connectivity index (χ2n) is 4.85. The van der Waals surface area contributed by atoms with Gasteiger partial charge in [-0.25, -0.2) is 0 Å². The Kier molecular flexibility index (Phi) is 7.71. The summed E-state index contributed by atoms with van der Waals surface area (Å²) in [6.07, 6.45) is 0. The van der Waals surface area contributed by atoms with Crippen molar-refractivity contribution in [1.29, 1.82) is 0 Å². The largest absolute Gasteiger partial charge is 0.357 e. The van der Waals surface area contributed by atoms with E-state index in [0.29, 0.717) is 0 Å². The lowest BCUT2D eigenvalue weighted by molar-refractivity contribution is -0.760. The standard InChI is InChI=1S/C11H19N3O6S/c1-7(15)13-8(9(16)12-4)5-21-10(17)11(2,3)6-20-14(18)19/h8H,5-6H2,1-4H3,(H,12,16)(H,13,15)/t8-/m0/s1. The Morgan fingerprint density at radius 3 is 2.38 bits per heavy atom. The average molecular weight is 321 g/mol. The molecule has 2 amide bonds. The Bertz CT molecular complexity index is 426. The summed E-state index contributed by atoms with van der Waals surface area (Å²) in [7, 11) is 1.42. The topological polar surface area (TPSA) is 128 Å². The first-order chi connectivity index (χ1) is 9.60. The van der Waals surface area contributed by atoms with E-state index in [0.717, 1.165) is 11.8 Å². The van der Waals surface area contributed by atoms with Gasteiger partial charge < -0.3 is 15.5 Å². The molecule has 10 heteroatoms. The molecule has 0 aliphatic carbocycles. The molecule has 0 aromatic heterocycles. The van der Waals surface area contributed by atoms with Gasteiger partial charge in [0, 0.05) is 19.7 Å². The van der Waals surface area contributed by atoms with Gasteiger partial charge in [-0.1, -0.05) is 25.6 Å². The van der Waals surface area contributed by atoms with Crippen LogP contribution in [-0.4, -0.2) is 47.5 Å². The van der Waals surface area contributed by atoms with Crippen molar-refractivity contribution in [2.45, 2.75) is 26.8 Å². The van der Waals surface area contributed by atoms with Crippen molar-refractivity contribution in [3.05, 3.63) is 10.1 Å². The van der Waals surface area contributed by atoms with E-state index in [9.17, 15) is 24.5 Å². The van der Waals surface area contributed by atoms with Crippen LogP contribution in [0.25, 0.3) is 0 Å². The van der Waals surface area contributed by atoms with Crippen LogP contribution >= 0.6 is 11.8 Å². The van der Waals surface area contributed by atoms with Crippen molar-refractivity contribution in [2.75, 3.05) is 19.4 Å². The summed E-state index contributed by atoms with van der Waals surface area (Å²) in [5.74, 6) is -0.794. The molecule has 0 saturated heterocycles. The number of thioether (sulfide) groups is 1. The minimum atomic E-state index is -1.08. The fourth-order valence-electron chi connectivity index (χ4n) is 1.23. The molecule has 0 saturated carbocycles. The number of nitrogens with zero attached hydrogens (tertiary/aromatic N) is 1. The smallest absolute Gasteiger partial charge is 0.294 e. The maximum Gasteiger partial charge on any atom is 0.294 e. The summed E-state index contributed by atoms with van der Waals surface area (Å²) in [5, 5.41) is 13.6. The summed E-state index contributed by atoms with van der Waals surface area (Å²) < 4.78 is 0. The van der Waals surface area contributed by atoms with Gasteiger partial charge in [-0.3, -0.25) is 14.4 Å². The Hall–Kier alpha value is -1.84. The van der Waals surface area contributed by atoms with Gasteiger partial charge in [0.2, 0.25) is 11.8 Å². The number of hydrogen-bond acceptors (Lipinski definition) is 7. The van der Waals surface area contributed by atoms with Crippen LogP contribution in [0.4, 0.5) is 0 Å². The molecule has 0 radical (unpaired) electrons. The van der Waals surface area contributed by atoms with Crippen molar-refractivity contribution >= 4 is 28.7 Å². The highest BCUT2D eigenvalue weighted by Gasteiger charge is 2.31. The third-order valence-electron chi connectivity index (χ3n) is 2.40. The monoisotopic (exact) mass is 321 g/mol. The van der Waals surface area contributed by atoms with Crippen LogP contribution in [0.15, 0.2) is 0 Å². The van der Waals surface area contributed by atoms with Crippen LogP contribution in [0.2, 0.25) is 0 Å². The molecule has 0 aromatic rings. The first-order valence-electron chi connectivity index (χ1n) is 6.03. The van der Waals surface area contributed by atoms with Crippen LogP contribution in [0.5, 0.6) is 0 Å². The molecule has 0 aliphatic heterocycles. The van der Waals surface area contributed by atoms with Gasteiger partial charge in [0.1, 0.15) is 12.6 Å². The van der Waals surface area contributed by atoms with E-state index in [4.69, 9.17) is 0 Å². The first kappa shape index (κ1) is 19.2. The summed E-state index contributed by atoms with van der Waals surface area (Å²) in [6.45, 7) is 3.88. The molecule has 0 aliphatic rings. The number of likely N-dealkylation sites (N-methyl/N-ethyl adjacent to an activating group) is 1. The first-order valence-corrected chi connectivity index (χ1v) is 7.02. The molecule has 120 valence electrons. The van der Waals surface area contributed by atoms with Gasteiger partial charge in [-0.15, -0.1) is 10.1 Å². The number of amides is 2. The zero-order valence-corrected chi connectivity index (χ0v) is 13.1. The summed E-state index contributed by atoms with van der Waals surface area (Å²) >= 11 is 0.812. The van der Waals surface area contributed by atoms with E-state index < -0.39 is 28.4 Å². The second-order valence-corrected chi connectivity index (χ2v) is 5.84. The molecule has 0 aromatic carbocycles. The normalized spacial score (nSPS) is 12.2. The van der Waals surface area contributed by atoms with E-state index >= 15 is 0 Å². The molecular weight excluding hydrogens is 302 g/mol. The minimum absolute atomic E-state index is 0.0278. The average Bonchev–Trinajstić information content (AvgIpc) is 2.39. The fourth-order valence-corrected chi connectivity index (χ4v) is 2.23. The molecule has 0 rings (SSSR count). The van der Waals surface area contributed by atoms with Crippen LogP contribution < -0.4 is 10.6 Å². The molecule has 0 bridgehead atoms. The van der Waals surface area contributed by atoms with Crippen LogP contribution in [-0.2, 0) is 19.2 Å². The summed E-state index contributed by atoms with van der Waals surface area (Å²) in [5.41, 5.74) is -1.08. The molecule has 9 nitrogen and oxygen atoms in total. The predicted molar refractivity (Wildman–Crippen MR) is 75.9 cm³/mol. The Labute approximate surface area is 126 Å². The lowest BCUT2D eigenvalue weighted by atomic mass is 9.97. The molecule has 0 heterocycles. The van der Waals surface area contributed by atoms with E-state index in [1.807, 2.05) is 0 Å². The highest BCUT2D eigenvalue weighted by molar-refractivity contribution is 8.13. The van der Waals surface area contributed by atoms with Gasteiger partial charge in [0.15, 0.2) is 5.12 Å². The highest BCUT2D eigenvalue weighted by atomic mass is 32.2. The SMILES string of the molecule is CNC(=O)[C@H](CSC(=O)C(C)(C)CO[N+](=O)[O-])NC(C)=O. The number of rotatable bonds is 8. The maximum atomic E-state index is 12.0. The van der Waals surface area contributed by atoms with Gasteiger partial charge in [0.05, 0.1) is 5.41 Å². The molecule has 0 spiro atoms. The number of hydrogen-bond donors (Lipinski definition) is 2. The lowest BCUT2D eigenvalue weighted by Crippen LogP contribution is -2.47. The molecule has 0 fully saturated rings. The van der Waals surface area contributed by atoms with Crippen molar-refractivity contribution < 1.29 is 24.3 Å². The molecular formula is C11H19N3O6S. The zero-order chi connectivity index (χ0) is 16.6. The Balaban J connectivity index is 4.56. The van der Waals surface area contributed by atoms with Crippen molar-refractivity contribution in [3.63, 3.8) is 0 Å². The van der Waals surface area contributed by atoms with Crippen molar-refractivity contribution in [2.24, 2.45) is 5.41 Å². The van der Waals surface area contributed by atoms with Crippen molar-refractivity contribution in [3.8, 4) is 0 Å². The van der Waals surface area contributed by atoms with E-state index in [1.54, 1.807) is 0 Å². The van der Waals surface area contributed by atoms with E-state index in [2.05, 4.69) is 15.5 Å². The van der Waals surface area contributed by atoms with Gasteiger partial charge in [0.25, 0.3) is 5.09 Å². The number of nitrogens with one attached hydrogen (secondary N) is 2. The van der Waals surface area contributed by atoms with Crippen molar-refractivity contribution in [1.82, 2.24) is 10.6 Å². The van der Waals surface area contributed by atoms with E-state index in [-0.39, 0.29) is 17.5 Å². The quantitative estimate of drug-likeness (QED) is 0.465. The maximum absolute atomic E-state index is 12.0. The number of carbonyl (C=O) groups is 3. The number of carbonyl (C=O) groups excluding carboxylic acids is 3. The third kappa shape index (κ3) is 7.49. The predicted octanol–water partition coefficient (Wildman–Crippen LogP) is -0.269. The van der Waals surface area contributed by atoms with Crippen LogP contribution in [0.1, 0.15) is 20.8 Å². The molecule has 2 N–H and O–H groups in total.